The molecule has 0 spiro atoms. The van der Waals surface area contributed by atoms with E-state index in [1.165, 1.54) is 80.5 Å². The molecular weight excluding hydrogens is 1950 g/mol. The summed E-state index contributed by atoms with van der Waals surface area (Å²) in [4.78, 5) is 76.5. The molecule has 4 aromatic heterocycles. The van der Waals surface area contributed by atoms with Crippen LogP contribution in [0.25, 0.3) is 40.9 Å². The van der Waals surface area contributed by atoms with Gasteiger partial charge in [-0.2, -0.15) is 23.2 Å². The number of nitrogens with two attached hydrogens (primary N) is 1. The molecule has 2 aliphatic rings. The van der Waals surface area contributed by atoms with E-state index >= 15 is 0 Å². The number of hydrogen-bond acceptors (Lipinski definition) is 28. The molecule has 0 aliphatic carbocycles. The molecule has 4 atom stereocenters. The number of hydrogen-bond donors (Lipinski definition) is 7. The van der Waals surface area contributed by atoms with Crippen molar-refractivity contribution in [2.45, 2.75) is 63.9 Å². The molecule has 6 heterocycles. The van der Waals surface area contributed by atoms with Gasteiger partial charge in [0.15, 0.2) is 28.1 Å². The van der Waals surface area contributed by atoms with E-state index in [1.54, 1.807) is 24.3 Å². The van der Waals surface area contributed by atoms with Gasteiger partial charge in [-0.05, 0) is 91.4 Å². The number of thiazole rings is 4. The smallest absolute Gasteiger partial charge is 1.00 e. The summed E-state index contributed by atoms with van der Waals surface area (Å²) in [6.07, 6.45) is 5.81. The van der Waals surface area contributed by atoms with E-state index in [2.05, 4.69) is 54.0 Å². The number of allylic oxidation sites excluding steroid dienone is 1. The molecule has 49 heteroatoms. The van der Waals surface area contributed by atoms with Gasteiger partial charge in [0.1, 0.15) is 94.2 Å². The third kappa shape index (κ3) is 51.8. The maximum Gasteiger partial charge on any atom is 1.00 e. The quantitative estimate of drug-likeness (QED) is 0.00457. The predicted molar refractivity (Wildman–Crippen MR) is 453 cm³/mol. The number of benzene rings is 4. The number of phenols is 1. The van der Waals surface area contributed by atoms with Crippen molar-refractivity contribution >= 4 is 344 Å². The zero-order valence-corrected chi connectivity index (χ0v) is 80.5. The SMILES string of the molecule is C=CC=O.Cl.Cl.ClCCC(Cl)Cl.ClP(Cl)Cl.N#Cc1nc2ccc(O)cc2s1.N#Cc1nc2ccc(OCCC(Cl)Cl)cc2s1.N[C@H](CS)C(=O)O.O=C(O)[C@H]1CSC(c2nc3ccc(OC/C=C/Cl)cc3s2)=N1.O=C(O)[C@H]1CSC(c2nc3ccc(OCCC(Cl)Cl)cc3s2)=N1.O=CO[O-].OC(Cl)CCCl.[H-].[K+].[K+]. The first kappa shape index (κ1) is 115. The number of carbonyl (C=O) groups excluding carboxylic acids is 2. The van der Waals surface area contributed by atoms with Gasteiger partial charge < -0.3 is 57.0 Å². The Hall–Kier alpha value is -0.0273. The third-order valence-corrected chi connectivity index (χ3v) is 19.6. The number of rotatable bonds is 23. The Balaban J connectivity index is -0.000000394. The molecule has 109 heavy (non-hydrogen) atoms. The number of thiol groups is 1. The Morgan fingerprint density at radius 2 is 1.02 bits per heavy atom. The second-order valence-electron chi connectivity index (χ2n) is 18.4. The van der Waals surface area contributed by atoms with Gasteiger partial charge >= 0.3 is 121 Å². The van der Waals surface area contributed by atoms with Crippen LogP contribution < -0.4 is 128 Å². The average Bonchev–Trinajstić information content (AvgIpc) is 1.67. The van der Waals surface area contributed by atoms with E-state index < -0.39 is 57.2 Å². The first-order chi connectivity index (χ1) is 50.0. The minimum absolute atomic E-state index is 0. The number of aromatic hydroxyl groups is 1. The van der Waals surface area contributed by atoms with Crippen LogP contribution in [0.15, 0.2) is 107 Å². The number of alkyl halides is 9. The van der Waals surface area contributed by atoms with Crippen molar-refractivity contribution in [2.75, 3.05) is 48.8 Å². The predicted octanol–water partition coefficient (Wildman–Crippen LogP) is 12.4. The number of nitrogens with zero attached hydrogens (tertiary/aromatic N) is 8. The molecule has 0 fully saturated rings. The third-order valence-electron chi connectivity index (χ3n) is 10.9. The van der Waals surface area contributed by atoms with E-state index in [4.69, 9.17) is 221 Å². The number of phenolic OH excluding ortho intramolecular Hbond substituents is 1. The summed E-state index contributed by atoms with van der Waals surface area (Å²) in [6, 6.07) is 23.5. The minimum Gasteiger partial charge on any atom is -1.00 e. The number of aliphatic hydroxyl groups is 1. The van der Waals surface area contributed by atoms with Crippen LogP contribution in [0.5, 0.6) is 23.0 Å². The number of aldehydes is 1. The Labute approximate surface area is 820 Å². The number of ether oxygens (including phenoxy) is 3. The summed E-state index contributed by atoms with van der Waals surface area (Å²) in [5.74, 6) is 0.459. The number of halogens is 15. The summed E-state index contributed by atoms with van der Waals surface area (Å²) < 4.78 is 20.4. The molecule has 0 bridgehead atoms. The minimum atomic E-state index is -1.20. The fourth-order valence-electron chi connectivity index (χ4n) is 6.37. The number of aromatic nitrogens is 4. The van der Waals surface area contributed by atoms with Crippen molar-refractivity contribution in [3.8, 4) is 35.1 Å². The Bertz CT molecular complexity index is 4150. The second-order valence-corrected chi connectivity index (χ2v) is 35.3. The largest absolute Gasteiger partial charge is 1.00 e. The van der Waals surface area contributed by atoms with Gasteiger partial charge in [-0.1, -0.05) is 63.5 Å². The molecule has 10 rings (SSSR count). The van der Waals surface area contributed by atoms with Crippen LogP contribution in [0.4, 0.5) is 0 Å². The van der Waals surface area contributed by atoms with Gasteiger partial charge in [-0.15, -0.1) is 186 Å². The van der Waals surface area contributed by atoms with Crippen LogP contribution >= 0.6 is 262 Å². The number of nitriles is 2. The van der Waals surface area contributed by atoms with Crippen molar-refractivity contribution in [2.24, 2.45) is 15.7 Å². The molecule has 2 aliphatic heterocycles. The fraction of sp³-hybridized carbons (Fsp3) is 0.317. The summed E-state index contributed by atoms with van der Waals surface area (Å²) in [7, 11) is 0. The standard InChI is InChI=1S/C14H12Cl2N2O3S2.C14H11ClN2O3S2.C11H8Cl2N2OS.C8H4N2OS.C3H5Cl3.C3H6Cl2O.C3H7NO2S.C3H4O.CH2O3.Cl3P.2ClH.2K.H/c15-11(16)3-4-21-7-1-2-8-10(5-7)23-13(17-8)12-18-9(6-22-12)14(19)20;15-4-1-5-20-8-2-3-9-11(6-8)22-13(16-9)12-17-10(7-21-12)14(18)19;12-10(13)3-4-16-7-1-2-8-9(5-7)17-11(6-14)15-8;9-4-8-10-6-2-1-5(11)3-7(6)12-8;2*4-2-1-3(5)6;4-2(1-7)3(5)6;1-2-3-4;2-1-4-3;1-4(2)3;;;;;/h1-2,5,9,11H,3-4,6H2,(H,19,20);1-4,6,10H,5,7H2,(H,18,19);1-2,5,10H,3-4H2;1-3,11H;3H,1-2H2;3,6H,1-2H2;2,7H,1,4H2,(H,5,6);2-3H,1H2;1,3H;;2*1H;;;/q;;;;;;;;;;;;2*+1;-1/p-1/b;4-1+;;;;;;;;;;;;;/t9-;10-;;;;;2-;;;;;;;;/m11....1......../s1. The van der Waals surface area contributed by atoms with E-state index in [1.807, 2.05) is 66.7 Å². The monoisotopic (exact) mass is 2000 g/mol. The van der Waals surface area contributed by atoms with Gasteiger partial charge in [0.05, 0.1) is 54.1 Å². The molecule has 0 saturated carbocycles. The number of carboxylic acid groups (broad SMARTS) is 3. The molecule has 0 saturated heterocycles. The number of fused-ring (bicyclic) bond motifs is 4. The van der Waals surface area contributed by atoms with Crippen LogP contribution in [-0.4, -0.2) is 173 Å². The maximum absolute atomic E-state index is 11.0. The van der Waals surface area contributed by atoms with Crippen molar-refractivity contribution < 1.29 is 178 Å². The van der Waals surface area contributed by atoms with E-state index in [0.29, 0.717) is 95.2 Å². The van der Waals surface area contributed by atoms with Crippen LogP contribution in [-0.2, 0) is 28.9 Å². The molecule has 7 N–H and O–H groups in total. The molecule has 0 radical (unpaired) electrons. The van der Waals surface area contributed by atoms with E-state index in [9.17, 15) is 14.4 Å². The van der Waals surface area contributed by atoms with Crippen molar-refractivity contribution in [3.05, 3.63) is 117 Å². The molecule has 8 aromatic rings. The second kappa shape index (κ2) is 68.8. The summed E-state index contributed by atoms with van der Waals surface area (Å²) in [5.41, 5.74) is 8.85. The normalized spacial score (nSPS) is 13.1. The average molecular weight is 2010 g/mol. The first-order valence-corrected chi connectivity index (χ1v) is 43.0. The first-order valence-electron chi connectivity index (χ1n) is 28.5. The molecular formula is C60H61Cl15K2N9O15PS7. The van der Waals surface area contributed by atoms with Crippen molar-refractivity contribution in [1.29, 1.82) is 10.5 Å². The zero-order valence-electron chi connectivity index (χ0n) is 57.1. The van der Waals surface area contributed by atoms with Gasteiger partial charge in [-0.3, -0.25) is 24.4 Å². The van der Waals surface area contributed by atoms with Gasteiger partial charge in [0, 0.05) is 53.8 Å². The Morgan fingerprint density at radius 1 is 0.661 bits per heavy atom. The van der Waals surface area contributed by atoms with Gasteiger partial charge in [0.25, 0.3) is 6.47 Å². The fourth-order valence-corrected chi connectivity index (χ4v) is 13.8. The molecule has 0 amide bonds. The van der Waals surface area contributed by atoms with Crippen molar-refractivity contribution in [3.63, 3.8) is 0 Å². The number of carboxylic acids is 3. The Kier molecular flexibility index (Phi) is 72.8. The molecule has 24 nitrogen and oxygen atoms in total. The summed E-state index contributed by atoms with van der Waals surface area (Å²) in [5, 5.41) is 72.8. The van der Waals surface area contributed by atoms with Crippen molar-refractivity contribution in [1.82, 2.24) is 19.9 Å². The van der Waals surface area contributed by atoms with Crippen LogP contribution in [0.2, 0.25) is 0 Å². The topological polar surface area (TPSA) is 396 Å². The molecule has 4 aromatic carbocycles. The summed E-state index contributed by atoms with van der Waals surface area (Å²) in [6.45, 7) is 4.24. The number of aliphatic imine (C=N–C) groups is 2. The van der Waals surface area contributed by atoms with Gasteiger partial charge in [0.2, 0.25) is 0 Å². The number of carbonyl (C=O) groups is 5. The molecule has 1 unspecified atom stereocenters. The number of thioether (sulfide) groups is 2. The van der Waals surface area contributed by atoms with E-state index in [0.717, 1.165) is 68.1 Å². The van der Waals surface area contributed by atoms with Crippen LogP contribution in [0.1, 0.15) is 47.1 Å². The number of aliphatic hydroxyl groups excluding tert-OH is 1. The van der Waals surface area contributed by atoms with Gasteiger partial charge in [-0.25, -0.2) is 29.5 Å². The number of aliphatic carboxylic acids is 3. The summed E-state index contributed by atoms with van der Waals surface area (Å²) >= 11 is 80.6. The molecule has 590 valence electrons. The van der Waals surface area contributed by atoms with E-state index in [-0.39, 0.29) is 152 Å². The van der Waals surface area contributed by atoms with Crippen LogP contribution in [0, 0.1) is 22.7 Å². The zero-order chi connectivity index (χ0) is 79.0. The maximum atomic E-state index is 11.0. The van der Waals surface area contributed by atoms with Crippen LogP contribution in [0.3, 0.4) is 0 Å². The Morgan fingerprint density at radius 3 is 1.29 bits per heavy atom.